The third-order valence-electron chi connectivity index (χ3n) is 3.53. The van der Waals surface area contributed by atoms with Crippen LogP contribution in [0.15, 0.2) is 42.5 Å². The molecule has 3 amide bonds. The number of amides is 3. The van der Waals surface area contributed by atoms with E-state index in [2.05, 4.69) is 16.0 Å². The monoisotopic (exact) mass is 363 g/mol. The fourth-order valence-electron chi connectivity index (χ4n) is 2.07. The Morgan fingerprint density at radius 3 is 2.48 bits per heavy atom. The van der Waals surface area contributed by atoms with Crippen molar-refractivity contribution in [1.82, 2.24) is 16.0 Å². The molecule has 0 saturated carbocycles. The Hall–Kier alpha value is -2.60. The summed E-state index contributed by atoms with van der Waals surface area (Å²) in [6, 6.07) is 11.1. The zero-order valence-electron chi connectivity index (χ0n) is 13.7. The lowest BCUT2D eigenvalue weighted by Gasteiger charge is -2.10. The van der Waals surface area contributed by atoms with Gasteiger partial charge in [0, 0.05) is 30.2 Å². The molecule has 2 rings (SSSR count). The summed E-state index contributed by atoms with van der Waals surface area (Å²) in [5.41, 5.74) is 1.54. The first kappa shape index (κ1) is 18.7. The first-order chi connectivity index (χ1) is 12.0. The summed E-state index contributed by atoms with van der Waals surface area (Å²) >= 11 is 6.00. The number of carbonyl (C=O) groups excluding carboxylic acids is 2. The zero-order valence-corrected chi connectivity index (χ0v) is 14.5. The van der Waals surface area contributed by atoms with Crippen LogP contribution in [0.4, 0.5) is 9.18 Å². The number of rotatable bonds is 6. The van der Waals surface area contributed by atoms with Crippen LogP contribution in [-0.4, -0.2) is 25.0 Å². The molecule has 5 nitrogen and oxygen atoms in total. The lowest BCUT2D eigenvalue weighted by molar-refractivity contribution is 0.0953. The maximum absolute atomic E-state index is 13.4. The Morgan fingerprint density at radius 1 is 1.04 bits per heavy atom. The van der Waals surface area contributed by atoms with Crippen LogP contribution in [0.2, 0.25) is 5.02 Å². The van der Waals surface area contributed by atoms with E-state index in [4.69, 9.17) is 11.6 Å². The summed E-state index contributed by atoms with van der Waals surface area (Å²) in [4.78, 5) is 23.6. The van der Waals surface area contributed by atoms with Crippen molar-refractivity contribution in [2.24, 2.45) is 0 Å². The van der Waals surface area contributed by atoms with E-state index in [1.807, 2.05) is 18.2 Å². The van der Waals surface area contributed by atoms with Crippen molar-refractivity contribution in [3.8, 4) is 0 Å². The number of hydrogen-bond donors (Lipinski definition) is 3. The Morgan fingerprint density at radius 2 is 1.76 bits per heavy atom. The standard InChI is InChI=1S/C18H19ClFN3O2/c1-12-6-7-13(10-16(12)20)17(24)21-8-9-22-18(25)23-11-14-4-2-3-5-15(14)19/h2-7,10H,8-9,11H2,1H3,(H,21,24)(H2,22,23,25). The van der Waals surface area contributed by atoms with Gasteiger partial charge in [-0.1, -0.05) is 35.9 Å². The quantitative estimate of drug-likeness (QED) is 0.690. The van der Waals surface area contributed by atoms with Crippen LogP contribution >= 0.6 is 11.6 Å². The van der Waals surface area contributed by atoms with Crippen LogP contribution in [-0.2, 0) is 6.54 Å². The minimum atomic E-state index is -0.426. The maximum Gasteiger partial charge on any atom is 0.315 e. The number of urea groups is 1. The van der Waals surface area contributed by atoms with Crippen molar-refractivity contribution in [3.63, 3.8) is 0 Å². The second kappa shape index (κ2) is 9.03. The van der Waals surface area contributed by atoms with E-state index in [9.17, 15) is 14.0 Å². The molecule has 0 aliphatic heterocycles. The number of aryl methyl sites for hydroxylation is 1. The summed E-state index contributed by atoms with van der Waals surface area (Å²) < 4.78 is 13.4. The van der Waals surface area contributed by atoms with Gasteiger partial charge in [0.1, 0.15) is 5.82 Å². The lowest BCUT2D eigenvalue weighted by Crippen LogP contribution is -2.40. The molecule has 0 bridgehead atoms. The molecule has 0 radical (unpaired) electrons. The first-order valence-corrected chi connectivity index (χ1v) is 8.14. The second-order valence-corrected chi connectivity index (χ2v) is 5.83. The molecule has 3 N–H and O–H groups in total. The van der Waals surface area contributed by atoms with Gasteiger partial charge in [-0.15, -0.1) is 0 Å². The van der Waals surface area contributed by atoms with Crippen LogP contribution < -0.4 is 16.0 Å². The topological polar surface area (TPSA) is 70.2 Å². The highest BCUT2D eigenvalue weighted by molar-refractivity contribution is 6.31. The molecule has 2 aromatic carbocycles. The van der Waals surface area contributed by atoms with Gasteiger partial charge in [-0.25, -0.2) is 9.18 Å². The molecule has 25 heavy (non-hydrogen) atoms. The maximum atomic E-state index is 13.4. The fourth-order valence-corrected chi connectivity index (χ4v) is 2.27. The minimum absolute atomic E-state index is 0.230. The van der Waals surface area contributed by atoms with Crippen molar-refractivity contribution in [1.29, 1.82) is 0 Å². The zero-order chi connectivity index (χ0) is 18.2. The fraction of sp³-hybridized carbons (Fsp3) is 0.222. The molecular formula is C18H19ClFN3O2. The minimum Gasteiger partial charge on any atom is -0.350 e. The Kier molecular flexibility index (Phi) is 6.77. The number of hydrogen-bond acceptors (Lipinski definition) is 2. The summed E-state index contributed by atoms with van der Waals surface area (Å²) in [5, 5.41) is 8.49. The van der Waals surface area contributed by atoms with Gasteiger partial charge in [-0.2, -0.15) is 0 Å². The van der Waals surface area contributed by atoms with Gasteiger partial charge < -0.3 is 16.0 Å². The Bertz CT molecular complexity index is 768. The Labute approximate surface area is 150 Å². The second-order valence-electron chi connectivity index (χ2n) is 5.42. The largest absolute Gasteiger partial charge is 0.350 e. The highest BCUT2D eigenvalue weighted by Crippen LogP contribution is 2.14. The predicted octanol–water partition coefficient (Wildman–Crippen LogP) is 3.02. The van der Waals surface area contributed by atoms with E-state index in [1.54, 1.807) is 25.1 Å². The van der Waals surface area contributed by atoms with E-state index in [0.29, 0.717) is 17.1 Å². The highest BCUT2D eigenvalue weighted by Gasteiger charge is 2.08. The number of carbonyl (C=O) groups is 2. The van der Waals surface area contributed by atoms with Gasteiger partial charge in [0.15, 0.2) is 0 Å². The molecule has 0 saturated heterocycles. The predicted molar refractivity (Wildman–Crippen MR) is 95.2 cm³/mol. The normalized spacial score (nSPS) is 10.2. The molecule has 0 spiro atoms. The third kappa shape index (κ3) is 5.76. The number of nitrogens with one attached hydrogen (secondary N) is 3. The number of benzene rings is 2. The van der Waals surface area contributed by atoms with E-state index in [1.165, 1.54) is 6.07 Å². The molecule has 0 aromatic heterocycles. The van der Waals surface area contributed by atoms with Crippen LogP contribution in [0.5, 0.6) is 0 Å². The molecular weight excluding hydrogens is 345 g/mol. The molecule has 0 fully saturated rings. The molecule has 132 valence electrons. The van der Waals surface area contributed by atoms with Crippen molar-refractivity contribution in [2.75, 3.05) is 13.1 Å². The SMILES string of the molecule is Cc1ccc(C(=O)NCCNC(=O)NCc2ccccc2Cl)cc1F. The van der Waals surface area contributed by atoms with E-state index in [0.717, 1.165) is 5.56 Å². The van der Waals surface area contributed by atoms with Gasteiger partial charge >= 0.3 is 6.03 Å². The van der Waals surface area contributed by atoms with Gasteiger partial charge in [0.2, 0.25) is 0 Å². The number of halogens is 2. The molecule has 7 heteroatoms. The smallest absolute Gasteiger partial charge is 0.315 e. The Balaban J connectivity index is 1.68. The third-order valence-corrected chi connectivity index (χ3v) is 3.90. The first-order valence-electron chi connectivity index (χ1n) is 7.77. The van der Waals surface area contributed by atoms with Crippen molar-refractivity contribution < 1.29 is 14.0 Å². The van der Waals surface area contributed by atoms with Crippen LogP contribution in [0, 0.1) is 12.7 Å². The average Bonchev–Trinajstić information content (AvgIpc) is 2.60. The highest BCUT2D eigenvalue weighted by atomic mass is 35.5. The van der Waals surface area contributed by atoms with Crippen LogP contribution in [0.3, 0.4) is 0 Å². The van der Waals surface area contributed by atoms with Gasteiger partial charge in [0.05, 0.1) is 0 Å². The average molecular weight is 364 g/mol. The molecule has 0 aliphatic rings. The van der Waals surface area contributed by atoms with Gasteiger partial charge in [-0.3, -0.25) is 4.79 Å². The van der Waals surface area contributed by atoms with Gasteiger partial charge in [0.25, 0.3) is 5.91 Å². The molecule has 0 aliphatic carbocycles. The van der Waals surface area contributed by atoms with Crippen LogP contribution in [0.1, 0.15) is 21.5 Å². The molecule has 2 aromatic rings. The van der Waals surface area contributed by atoms with Crippen molar-refractivity contribution >= 4 is 23.5 Å². The van der Waals surface area contributed by atoms with Gasteiger partial charge in [-0.05, 0) is 36.2 Å². The summed E-state index contributed by atoms with van der Waals surface area (Å²) in [6.07, 6.45) is 0. The van der Waals surface area contributed by atoms with E-state index in [-0.39, 0.29) is 24.7 Å². The lowest BCUT2D eigenvalue weighted by atomic mass is 10.1. The van der Waals surface area contributed by atoms with Crippen molar-refractivity contribution in [2.45, 2.75) is 13.5 Å². The summed E-state index contributed by atoms with van der Waals surface area (Å²) in [7, 11) is 0. The van der Waals surface area contributed by atoms with Crippen LogP contribution in [0.25, 0.3) is 0 Å². The summed E-state index contributed by atoms with van der Waals surface area (Å²) in [5.74, 6) is -0.818. The van der Waals surface area contributed by atoms with Crippen molar-refractivity contribution in [3.05, 3.63) is 70.0 Å². The molecule has 0 heterocycles. The summed E-state index contributed by atoms with van der Waals surface area (Å²) in [6.45, 7) is 2.41. The van der Waals surface area contributed by atoms with E-state index >= 15 is 0 Å². The van der Waals surface area contributed by atoms with E-state index < -0.39 is 11.7 Å². The molecule has 0 unspecified atom stereocenters. The molecule has 0 atom stereocenters.